The summed E-state index contributed by atoms with van der Waals surface area (Å²) >= 11 is 0. The molecule has 0 radical (unpaired) electrons. The maximum absolute atomic E-state index is 13.5. The molecule has 0 amide bonds. The molecule has 2 rings (SSSR count). The number of hydrogen-bond donors (Lipinski definition) is 0. The first kappa shape index (κ1) is 11.9. The third-order valence-electron chi connectivity index (χ3n) is 3.07. The summed E-state index contributed by atoms with van der Waals surface area (Å²) in [4.78, 5) is 0. The maximum Gasteiger partial charge on any atom is 0.132 e. The average molecular weight is 231 g/mol. The Morgan fingerprint density at radius 3 is 2.88 bits per heavy atom. The van der Waals surface area contributed by atoms with Crippen molar-refractivity contribution in [1.82, 2.24) is 4.57 Å². The third kappa shape index (κ3) is 2.76. The minimum Gasteiger partial charge on any atom is -0.347 e. The normalized spacial score (nSPS) is 10.9. The Morgan fingerprint density at radius 1 is 1.18 bits per heavy atom. The zero-order chi connectivity index (χ0) is 12.1. The first-order chi connectivity index (χ1) is 8.33. The van der Waals surface area contributed by atoms with E-state index in [0.717, 1.165) is 30.3 Å². The fourth-order valence-corrected chi connectivity index (χ4v) is 2.13. The molecule has 1 nitrogen and oxygen atoms in total. The van der Waals surface area contributed by atoms with Crippen LogP contribution in [0.15, 0.2) is 43.1 Å². The highest BCUT2D eigenvalue weighted by Gasteiger charge is 2.04. The van der Waals surface area contributed by atoms with Crippen LogP contribution < -0.4 is 0 Å². The number of benzene rings is 1. The Morgan fingerprint density at radius 2 is 2.06 bits per heavy atom. The molecule has 0 spiro atoms. The molecule has 1 aromatic carbocycles. The fraction of sp³-hybridized carbons (Fsp3) is 0.333. The van der Waals surface area contributed by atoms with Crippen molar-refractivity contribution in [2.75, 3.05) is 0 Å². The van der Waals surface area contributed by atoms with Crippen LogP contribution in [0.3, 0.4) is 0 Å². The lowest BCUT2D eigenvalue weighted by Gasteiger charge is -2.05. The van der Waals surface area contributed by atoms with Crippen LogP contribution in [0.2, 0.25) is 0 Å². The second-order valence-corrected chi connectivity index (χ2v) is 4.32. The van der Waals surface area contributed by atoms with Crippen LogP contribution in [0.1, 0.15) is 25.7 Å². The van der Waals surface area contributed by atoms with E-state index in [0.29, 0.717) is 0 Å². The van der Waals surface area contributed by atoms with Crippen LogP contribution in [0.25, 0.3) is 10.9 Å². The molecule has 0 saturated heterocycles. The number of halogens is 1. The SMILES string of the molecule is C=CCCCCCn1ccc2c(F)cccc21. The quantitative estimate of drug-likeness (QED) is 0.508. The summed E-state index contributed by atoms with van der Waals surface area (Å²) in [7, 11) is 0. The molecular weight excluding hydrogens is 213 g/mol. The first-order valence-electron chi connectivity index (χ1n) is 6.17. The molecule has 0 atom stereocenters. The molecule has 0 fully saturated rings. The number of fused-ring (bicyclic) bond motifs is 1. The average Bonchev–Trinajstić information content (AvgIpc) is 2.74. The largest absolute Gasteiger partial charge is 0.347 e. The molecule has 0 unspecified atom stereocenters. The second-order valence-electron chi connectivity index (χ2n) is 4.32. The lowest BCUT2D eigenvalue weighted by Crippen LogP contribution is -1.95. The minimum absolute atomic E-state index is 0.132. The minimum atomic E-state index is -0.132. The monoisotopic (exact) mass is 231 g/mol. The lowest BCUT2D eigenvalue weighted by molar-refractivity contribution is 0.602. The molecule has 0 bridgehead atoms. The van der Waals surface area contributed by atoms with Gasteiger partial charge in [-0.05, 0) is 37.5 Å². The summed E-state index contributed by atoms with van der Waals surface area (Å²) in [5.41, 5.74) is 0.994. The Balaban J connectivity index is 1.99. The highest BCUT2D eigenvalue weighted by atomic mass is 19.1. The van der Waals surface area contributed by atoms with E-state index in [1.165, 1.54) is 18.9 Å². The van der Waals surface area contributed by atoms with Gasteiger partial charge in [-0.2, -0.15) is 0 Å². The van der Waals surface area contributed by atoms with Gasteiger partial charge in [0.1, 0.15) is 5.82 Å². The maximum atomic E-state index is 13.5. The summed E-state index contributed by atoms with van der Waals surface area (Å²) in [6, 6.07) is 7.11. The predicted octanol–water partition coefficient (Wildman–Crippen LogP) is 4.53. The van der Waals surface area contributed by atoms with Gasteiger partial charge in [0, 0.05) is 18.1 Å². The van der Waals surface area contributed by atoms with Gasteiger partial charge in [-0.1, -0.05) is 18.6 Å². The zero-order valence-corrected chi connectivity index (χ0v) is 10.0. The number of nitrogens with zero attached hydrogens (tertiary/aromatic N) is 1. The van der Waals surface area contributed by atoms with Crippen molar-refractivity contribution >= 4 is 10.9 Å². The molecular formula is C15H18FN. The van der Waals surface area contributed by atoms with Crippen molar-refractivity contribution in [2.24, 2.45) is 0 Å². The molecule has 0 aliphatic carbocycles. The predicted molar refractivity (Wildman–Crippen MR) is 70.6 cm³/mol. The topological polar surface area (TPSA) is 4.93 Å². The highest BCUT2D eigenvalue weighted by molar-refractivity contribution is 5.80. The lowest BCUT2D eigenvalue weighted by atomic mass is 10.2. The summed E-state index contributed by atoms with van der Waals surface area (Å²) in [6.45, 7) is 4.67. The van der Waals surface area contributed by atoms with Crippen molar-refractivity contribution in [3.05, 3.63) is 48.9 Å². The van der Waals surface area contributed by atoms with E-state index in [9.17, 15) is 4.39 Å². The van der Waals surface area contributed by atoms with Gasteiger partial charge in [-0.3, -0.25) is 0 Å². The molecule has 2 heteroatoms. The molecule has 0 aliphatic heterocycles. The summed E-state index contributed by atoms with van der Waals surface area (Å²) in [5.74, 6) is -0.132. The van der Waals surface area contributed by atoms with Gasteiger partial charge in [0.05, 0.1) is 5.52 Å². The van der Waals surface area contributed by atoms with Gasteiger partial charge >= 0.3 is 0 Å². The molecule has 1 heterocycles. The van der Waals surface area contributed by atoms with E-state index < -0.39 is 0 Å². The van der Waals surface area contributed by atoms with Crippen molar-refractivity contribution in [1.29, 1.82) is 0 Å². The Hall–Kier alpha value is -1.57. The molecule has 1 aromatic heterocycles. The van der Waals surface area contributed by atoms with Crippen molar-refractivity contribution in [2.45, 2.75) is 32.2 Å². The van der Waals surface area contributed by atoms with Gasteiger partial charge in [0.15, 0.2) is 0 Å². The van der Waals surface area contributed by atoms with E-state index in [4.69, 9.17) is 0 Å². The second kappa shape index (κ2) is 5.67. The van der Waals surface area contributed by atoms with E-state index >= 15 is 0 Å². The van der Waals surface area contributed by atoms with Crippen LogP contribution >= 0.6 is 0 Å². The van der Waals surface area contributed by atoms with Gasteiger partial charge in [-0.25, -0.2) is 4.39 Å². The number of unbranched alkanes of at least 4 members (excludes halogenated alkanes) is 3. The summed E-state index contributed by atoms with van der Waals surface area (Å²) in [5, 5.41) is 0.721. The summed E-state index contributed by atoms with van der Waals surface area (Å²) < 4.78 is 15.6. The Bertz CT molecular complexity index is 499. The standard InChI is InChI=1S/C15H18FN/c1-2-3-4-5-6-11-17-12-10-13-14(16)8-7-9-15(13)17/h2,7-10,12H,1,3-6,11H2. The van der Waals surface area contributed by atoms with Crippen LogP contribution in [0.5, 0.6) is 0 Å². The molecule has 90 valence electrons. The molecule has 0 saturated carbocycles. The van der Waals surface area contributed by atoms with Crippen LogP contribution in [0, 0.1) is 5.82 Å². The van der Waals surface area contributed by atoms with E-state index in [-0.39, 0.29) is 5.82 Å². The van der Waals surface area contributed by atoms with Crippen molar-refractivity contribution < 1.29 is 4.39 Å². The highest BCUT2D eigenvalue weighted by Crippen LogP contribution is 2.19. The van der Waals surface area contributed by atoms with Crippen molar-refractivity contribution in [3.8, 4) is 0 Å². The first-order valence-corrected chi connectivity index (χ1v) is 6.17. The smallest absolute Gasteiger partial charge is 0.132 e. The van der Waals surface area contributed by atoms with E-state index in [1.54, 1.807) is 6.07 Å². The van der Waals surface area contributed by atoms with Gasteiger partial charge < -0.3 is 4.57 Å². The van der Waals surface area contributed by atoms with E-state index in [1.807, 2.05) is 24.4 Å². The molecule has 17 heavy (non-hydrogen) atoms. The molecule has 2 aromatic rings. The van der Waals surface area contributed by atoms with Crippen LogP contribution in [0.4, 0.5) is 4.39 Å². The fourth-order valence-electron chi connectivity index (χ4n) is 2.13. The number of aromatic nitrogens is 1. The van der Waals surface area contributed by atoms with Gasteiger partial charge in [-0.15, -0.1) is 6.58 Å². The number of aryl methyl sites for hydroxylation is 1. The van der Waals surface area contributed by atoms with E-state index in [2.05, 4.69) is 11.1 Å². The van der Waals surface area contributed by atoms with Crippen LogP contribution in [-0.2, 0) is 6.54 Å². The number of rotatable bonds is 6. The molecule has 0 N–H and O–H groups in total. The Kier molecular flexibility index (Phi) is 3.97. The van der Waals surface area contributed by atoms with Gasteiger partial charge in [0.2, 0.25) is 0 Å². The van der Waals surface area contributed by atoms with Crippen LogP contribution in [-0.4, -0.2) is 4.57 Å². The number of hydrogen-bond acceptors (Lipinski definition) is 0. The molecule has 0 aliphatic rings. The van der Waals surface area contributed by atoms with Gasteiger partial charge in [0.25, 0.3) is 0 Å². The number of allylic oxidation sites excluding steroid dienone is 1. The third-order valence-corrected chi connectivity index (χ3v) is 3.07. The van der Waals surface area contributed by atoms with Crippen molar-refractivity contribution in [3.63, 3.8) is 0 Å². The summed E-state index contributed by atoms with van der Waals surface area (Å²) in [6.07, 6.45) is 8.54. The zero-order valence-electron chi connectivity index (χ0n) is 10.0. The Labute approximate surface area is 102 Å².